The molecule has 0 saturated carbocycles. The maximum Gasteiger partial charge on any atom is 0.264 e. The number of carbonyl (C=O) groups excluding carboxylic acids is 2. The summed E-state index contributed by atoms with van der Waals surface area (Å²) in [6.45, 7) is 1.96. The summed E-state index contributed by atoms with van der Waals surface area (Å²) in [7, 11) is 0. The van der Waals surface area contributed by atoms with E-state index in [-0.39, 0.29) is 17.6 Å². The lowest BCUT2D eigenvalue weighted by Gasteiger charge is -2.34. The monoisotopic (exact) mass is 382 g/mol. The quantitative estimate of drug-likeness (QED) is 0.763. The number of nitrogens with zero attached hydrogens (tertiary/aromatic N) is 2. The molecule has 0 unspecified atom stereocenters. The molecule has 0 aliphatic carbocycles. The van der Waals surface area contributed by atoms with E-state index in [9.17, 15) is 18.4 Å². The van der Waals surface area contributed by atoms with Crippen molar-refractivity contribution in [1.29, 1.82) is 0 Å². The van der Waals surface area contributed by atoms with Crippen LogP contribution < -0.4 is 0 Å². The minimum atomic E-state index is -0.918. The SMILES string of the molecule is O=C(CSc1ccc(F)c(F)c1)N1CCN(C(=O)c2cccs2)CC1. The Morgan fingerprint density at radius 3 is 2.40 bits per heavy atom. The minimum absolute atomic E-state index is 0.00161. The van der Waals surface area contributed by atoms with Gasteiger partial charge in [-0.1, -0.05) is 6.07 Å². The van der Waals surface area contributed by atoms with E-state index < -0.39 is 11.6 Å². The predicted octanol–water partition coefficient (Wildman–Crippen LogP) is 3.10. The van der Waals surface area contributed by atoms with E-state index >= 15 is 0 Å². The van der Waals surface area contributed by atoms with Gasteiger partial charge in [-0.3, -0.25) is 9.59 Å². The highest BCUT2D eigenvalue weighted by Crippen LogP contribution is 2.21. The Morgan fingerprint density at radius 2 is 1.76 bits per heavy atom. The van der Waals surface area contributed by atoms with Crippen molar-refractivity contribution in [2.75, 3.05) is 31.9 Å². The van der Waals surface area contributed by atoms with Gasteiger partial charge < -0.3 is 9.80 Å². The van der Waals surface area contributed by atoms with Crippen molar-refractivity contribution in [1.82, 2.24) is 9.80 Å². The second kappa shape index (κ2) is 7.97. The number of benzene rings is 1. The topological polar surface area (TPSA) is 40.6 Å². The van der Waals surface area contributed by atoms with Crippen LogP contribution in [0.4, 0.5) is 8.78 Å². The number of hydrogen-bond donors (Lipinski definition) is 0. The Labute approximate surface area is 152 Å². The van der Waals surface area contributed by atoms with Gasteiger partial charge in [0, 0.05) is 31.1 Å². The summed E-state index contributed by atoms with van der Waals surface area (Å²) in [5, 5.41) is 1.86. The van der Waals surface area contributed by atoms with Gasteiger partial charge in [0.25, 0.3) is 5.91 Å². The van der Waals surface area contributed by atoms with Crippen LogP contribution in [0.1, 0.15) is 9.67 Å². The molecule has 8 heteroatoms. The number of thiophene rings is 1. The van der Waals surface area contributed by atoms with Crippen molar-refractivity contribution in [3.8, 4) is 0 Å². The molecular formula is C17H16F2N2O2S2. The van der Waals surface area contributed by atoms with Crippen LogP contribution in [0.15, 0.2) is 40.6 Å². The molecule has 2 amide bonds. The van der Waals surface area contributed by atoms with Crippen LogP contribution in [0.25, 0.3) is 0 Å². The lowest BCUT2D eigenvalue weighted by Crippen LogP contribution is -2.51. The first-order valence-electron chi connectivity index (χ1n) is 7.73. The van der Waals surface area contributed by atoms with Gasteiger partial charge in [-0.25, -0.2) is 8.78 Å². The van der Waals surface area contributed by atoms with Crippen molar-refractivity contribution in [2.45, 2.75) is 4.90 Å². The highest BCUT2D eigenvalue weighted by molar-refractivity contribution is 8.00. The predicted molar refractivity (Wildman–Crippen MR) is 93.9 cm³/mol. The fraction of sp³-hybridized carbons (Fsp3) is 0.294. The standard InChI is InChI=1S/C17H16F2N2O2S2/c18-13-4-3-12(10-14(13)19)25-11-16(22)20-5-7-21(8-6-20)17(23)15-2-1-9-24-15/h1-4,9-10H,5-8,11H2. The largest absolute Gasteiger partial charge is 0.338 e. The van der Waals surface area contributed by atoms with E-state index in [1.807, 2.05) is 11.4 Å². The van der Waals surface area contributed by atoms with Gasteiger partial charge in [-0.15, -0.1) is 23.1 Å². The average Bonchev–Trinajstić information content (AvgIpc) is 3.16. The van der Waals surface area contributed by atoms with Crippen LogP contribution in [0.5, 0.6) is 0 Å². The third-order valence-corrected chi connectivity index (χ3v) is 5.74. The minimum Gasteiger partial charge on any atom is -0.338 e. The van der Waals surface area contributed by atoms with Gasteiger partial charge in [0.15, 0.2) is 11.6 Å². The van der Waals surface area contributed by atoms with Gasteiger partial charge >= 0.3 is 0 Å². The number of halogens is 2. The maximum atomic E-state index is 13.2. The fourth-order valence-corrected chi connectivity index (χ4v) is 4.03. The van der Waals surface area contributed by atoms with E-state index in [4.69, 9.17) is 0 Å². The van der Waals surface area contributed by atoms with Crippen LogP contribution >= 0.6 is 23.1 Å². The summed E-state index contributed by atoms with van der Waals surface area (Å²) < 4.78 is 26.1. The first-order valence-corrected chi connectivity index (χ1v) is 9.59. The molecule has 1 aromatic carbocycles. The van der Waals surface area contributed by atoms with E-state index in [1.165, 1.54) is 29.2 Å². The number of amides is 2. The maximum absolute atomic E-state index is 13.2. The summed E-state index contributed by atoms with van der Waals surface area (Å²) in [5.74, 6) is -1.74. The van der Waals surface area contributed by atoms with Crippen LogP contribution in [-0.2, 0) is 4.79 Å². The van der Waals surface area contributed by atoms with E-state index in [0.717, 1.165) is 12.1 Å². The third-order valence-electron chi connectivity index (χ3n) is 3.90. The Kier molecular flexibility index (Phi) is 5.70. The summed E-state index contributed by atoms with van der Waals surface area (Å²) >= 11 is 2.58. The highest BCUT2D eigenvalue weighted by atomic mass is 32.2. The lowest BCUT2D eigenvalue weighted by atomic mass is 10.3. The Hall–Kier alpha value is -1.93. The third kappa shape index (κ3) is 4.38. The summed E-state index contributed by atoms with van der Waals surface area (Å²) in [6, 6.07) is 7.23. The molecule has 1 aliphatic rings. The van der Waals surface area contributed by atoms with Crippen LogP contribution in [0, 0.1) is 11.6 Å². The van der Waals surface area contributed by atoms with Gasteiger partial charge in [-0.2, -0.15) is 0 Å². The first kappa shape index (κ1) is 17.9. The van der Waals surface area contributed by atoms with Gasteiger partial charge in [0.05, 0.1) is 10.6 Å². The molecule has 4 nitrogen and oxygen atoms in total. The second-order valence-corrected chi connectivity index (χ2v) is 7.51. The molecule has 0 atom stereocenters. The molecule has 0 spiro atoms. The number of carbonyl (C=O) groups is 2. The van der Waals surface area contributed by atoms with Crippen molar-refractivity contribution in [3.05, 3.63) is 52.2 Å². The fourth-order valence-electron chi connectivity index (χ4n) is 2.52. The van der Waals surface area contributed by atoms with Crippen LogP contribution in [-0.4, -0.2) is 53.5 Å². The van der Waals surface area contributed by atoms with Gasteiger partial charge in [0.2, 0.25) is 5.91 Å². The van der Waals surface area contributed by atoms with E-state index in [0.29, 0.717) is 36.0 Å². The smallest absolute Gasteiger partial charge is 0.264 e. The molecule has 1 fully saturated rings. The lowest BCUT2D eigenvalue weighted by molar-refractivity contribution is -0.129. The number of thioether (sulfide) groups is 1. The molecule has 3 rings (SSSR count). The molecular weight excluding hydrogens is 366 g/mol. The van der Waals surface area contributed by atoms with Crippen LogP contribution in [0.2, 0.25) is 0 Å². The molecule has 2 heterocycles. The Balaban J connectivity index is 1.48. The van der Waals surface area contributed by atoms with Crippen molar-refractivity contribution in [2.24, 2.45) is 0 Å². The molecule has 1 saturated heterocycles. The molecule has 132 valence electrons. The zero-order valence-corrected chi connectivity index (χ0v) is 14.9. The molecule has 0 bridgehead atoms. The molecule has 1 aliphatic heterocycles. The van der Waals surface area contributed by atoms with Crippen molar-refractivity contribution >= 4 is 34.9 Å². The molecule has 0 radical (unpaired) electrons. The number of piperazine rings is 1. The normalized spacial score (nSPS) is 14.6. The Bertz CT molecular complexity index is 760. The van der Waals surface area contributed by atoms with Gasteiger partial charge in [0.1, 0.15) is 0 Å². The molecule has 0 N–H and O–H groups in total. The zero-order chi connectivity index (χ0) is 17.8. The summed E-state index contributed by atoms with van der Waals surface area (Å²) in [6.07, 6.45) is 0. The summed E-state index contributed by atoms with van der Waals surface area (Å²) in [4.78, 5) is 29.2. The average molecular weight is 382 g/mol. The van der Waals surface area contributed by atoms with Gasteiger partial charge in [-0.05, 0) is 29.6 Å². The molecule has 25 heavy (non-hydrogen) atoms. The van der Waals surface area contributed by atoms with Crippen molar-refractivity contribution in [3.63, 3.8) is 0 Å². The van der Waals surface area contributed by atoms with E-state index in [1.54, 1.807) is 15.9 Å². The van der Waals surface area contributed by atoms with Crippen molar-refractivity contribution < 1.29 is 18.4 Å². The second-order valence-electron chi connectivity index (χ2n) is 5.51. The summed E-state index contributed by atoms with van der Waals surface area (Å²) in [5.41, 5.74) is 0. The zero-order valence-electron chi connectivity index (χ0n) is 13.3. The van der Waals surface area contributed by atoms with Crippen LogP contribution in [0.3, 0.4) is 0 Å². The van der Waals surface area contributed by atoms with E-state index in [2.05, 4.69) is 0 Å². The molecule has 2 aromatic rings. The molecule has 1 aromatic heterocycles. The number of hydrogen-bond acceptors (Lipinski definition) is 4. The first-order chi connectivity index (χ1) is 12.0. The number of rotatable bonds is 4. The Morgan fingerprint density at radius 1 is 1.04 bits per heavy atom. The highest BCUT2D eigenvalue weighted by Gasteiger charge is 2.25.